The maximum Gasteiger partial charge on any atom is 0.341 e. The van der Waals surface area contributed by atoms with Crippen molar-refractivity contribution in [3.63, 3.8) is 0 Å². The zero-order valence-corrected chi connectivity index (χ0v) is 16.3. The Balaban J connectivity index is 2.14. The van der Waals surface area contributed by atoms with Gasteiger partial charge in [0, 0.05) is 7.05 Å². The van der Waals surface area contributed by atoms with Crippen molar-refractivity contribution in [3.8, 4) is 0 Å². The van der Waals surface area contributed by atoms with Crippen molar-refractivity contribution in [2.75, 3.05) is 18.6 Å². The number of amides is 1. The predicted molar refractivity (Wildman–Crippen MR) is 109 cm³/mol. The number of hydrogen-bond donors (Lipinski definition) is 1. The quantitative estimate of drug-likeness (QED) is 0.409. The summed E-state index contributed by atoms with van der Waals surface area (Å²) in [7, 11) is 1.60. The lowest BCUT2D eigenvalue weighted by Gasteiger charge is -2.21. The molecule has 0 aliphatic carbocycles. The number of nitrogens with two attached hydrogens (primary N) is 1. The number of allylic oxidation sites excluding steroid dienone is 1. The Kier molecular flexibility index (Phi) is 7.92. The van der Waals surface area contributed by atoms with Gasteiger partial charge in [0.15, 0.2) is 0 Å². The summed E-state index contributed by atoms with van der Waals surface area (Å²) in [5, 5.41) is 0. The van der Waals surface area contributed by atoms with Crippen LogP contribution in [0.5, 0.6) is 0 Å². The largest absolute Gasteiger partial charge is 0.443 e. The Labute approximate surface area is 165 Å². The summed E-state index contributed by atoms with van der Waals surface area (Å²) in [6.45, 7) is 5.51. The van der Waals surface area contributed by atoms with Crippen molar-refractivity contribution in [3.05, 3.63) is 77.9 Å². The number of esters is 1. The summed E-state index contributed by atoms with van der Waals surface area (Å²) in [4.78, 5) is 26.4. The van der Waals surface area contributed by atoms with Crippen LogP contribution in [0.25, 0.3) is 0 Å². The monoisotopic (exact) mass is 382 g/mol. The molecular formula is C22H26N2O4. The highest BCUT2D eigenvalue weighted by Gasteiger charge is 2.21. The third-order valence-corrected chi connectivity index (χ3v) is 4.03. The second-order valence-corrected chi connectivity index (χ2v) is 6.39. The number of anilines is 1. The fourth-order valence-corrected chi connectivity index (χ4v) is 2.61. The van der Waals surface area contributed by atoms with Gasteiger partial charge in [-0.15, -0.1) is 6.58 Å². The first-order valence-electron chi connectivity index (χ1n) is 9.01. The minimum atomic E-state index is -0.747. The van der Waals surface area contributed by atoms with Gasteiger partial charge in [-0.3, -0.25) is 10.5 Å². The van der Waals surface area contributed by atoms with Crippen LogP contribution in [0, 0.1) is 0 Å². The summed E-state index contributed by atoms with van der Waals surface area (Å²) in [5.41, 5.74) is 8.17. The van der Waals surface area contributed by atoms with Crippen molar-refractivity contribution >= 4 is 17.6 Å². The van der Waals surface area contributed by atoms with Gasteiger partial charge in [-0.25, -0.2) is 4.79 Å². The maximum absolute atomic E-state index is 12.6. The molecule has 0 saturated carbocycles. The second-order valence-electron chi connectivity index (χ2n) is 6.39. The summed E-state index contributed by atoms with van der Waals surface area (Å²) < 4.78 is 10.6. The molecule has 2 rings (SSSR count). The molecular weight excluding hydrogens is 356 g/mol. The Hall–Kier alpha value is -2.96. The van der Waals surface area contributed by atoms with Crippen molar-refractivity contribution in [1.29, 1.82) is 0 Å². The third-order valence-electron chi connectivity index (χ3n) is 4.03. The zero-order valence-electron chi connectivity index (χ0n) is 16.3. The van der Waals surface area contributed by atoms with Gasteiger partial charge in [0.2, 0.25) is 0 Å². The van der Waals surface area contributed by atoms with Gasteiger partial charge in [-0.2, -0.15) is 0 Å². The lowest BCUT2D eigenvalue weighted by atomic mass is 10.1. The van der Waals surface area contributed by atoms with Crippen LogP contribution in [0.4, 0.5) is 5.69 Å². The van der Waals surface area contributed by atoms with Crippen molar-refractivity contribution in [1.82, 2.24) is 0 Å². The number of carbonyl (C=O) groups is 2. The molecule has 148 valence electrons. The molecule has 2 aromatic carbocycles. The van der Waals surface area contributed by atoms with Crippen LogP contribution in [0.15, 0.2) is 61.2 Å². The molecule has 28 heavy (non-hydrogen) atoms. The Bertz CT molecular complexity index is 819. The summed E-state index contributed by atoms with van der Waals surface area (Å²) in [6, 6.07) is 14.8. The SMILES string of the molecule is C=CCc1ccc(C(=O)OC(C)N)c(N(C)C(=O)COCc2ccccc2)c1. The van der Waals surface area contributed by atoms with Crippen LogP contribution in [-0.4, -0.2) is 31.8 Å². The number of rotatable bonds is 9. The summed E-state index contributed by atoms with van der Waals surface area (Å²) in [6.07, 6.45) is 1.62. The van der Waals surface area contributed by atoms with E-state index < -0.39 is 12.2 Å². The van der Waals surface area contributed by atoms with Gasteiger partial charge in [0.25, 0.3) is 5.91 Å². The van der Waals surface area contributed by atoms with Gasteiger partial charge < -0.3 is 14.4 Å². The van der Waals surface area contributed by atoms with E-state index in [1.807, 2.05) is 30.3 Å². The Morgan fingerprint density at radius 1 is 1.18 bits per heavy atom. The lowest BCUT2D eigenvalue weighted by molar-refractivity contribution is -0.123. The molecule has 0 fully saturated rings. The van der Waals surface area contributed by atoms with Crippen molar-refractivity contribution in [2.24, 2.45) is 5.73 Å². The minimum absolute atomic E-state index is 0.112. The number of nitrogens with zero attached hydrogens (tertiary/aromatic N) is 1. The van der Waals surface area contributed by atoms with Crippen molar-refractivity contribution < 1.29 is 19.1 Å². The molecule has 1 amide bonds. The number of hydrogen-bond acceptors (Lipinski definition) is 5. The van der Waals surface area contributed by atoms with Gasteiger partial charge in [-0.1, -0.05) is 42.5 Å². The average molecular weight is 382 g/mol. The molecule has 6 heteroatoms. The molecule has 0 bridgehead atoms. The van der Waals surface area contributed by atoms with Gasteiger partial charge in [-0.05, 0) is 36.6 Å². The molecule has 0 aliphatic rings. The molecule has 0 heterocycles. The zero-order chi connectivity index (χ0) is 20.5. The lowest BCUT2D eigenvalue weighted by Crippen LogP contribution is -2.32. The predicted octanol–water partition coefficient (Wildman–Crippen LogP) is 3.06. The number of benzene rings is 2. The van der Waals surface area contributed by atoms with E-state index in [-0.39, 0.29) is 18.1 Å². The van der Waals surface area contributed by atoms with E-state index in [2.05, 4.69) is 6.58 Å². The summed E-state index contributed by atoms with van der Waals surface area (Å²) >= 11 is 0. The Morgan fingerprint density at radius 2 is 1.89 bits per heavy atom. The second kappa shape index (κ2) is 10.4. The highest BCUT2D eigenvalue weighted by atomic mass is 16.6. The van der Waals surface area contributed by atoms with E-state index >= 15 is 0 Å². The molecule has 2 aromatic rings. The average Bonchev–Trinajstić information content (AvgIpc) is 2.67. The van der Waals surface area contributed by atoms with Crippen LogP contribution >= 0.6 is 0 Å². The van der Waals surface area contributed by atoms with E-state index in [1.165, 1.54) is 4.90 Å². The fourth-order valence-electron chi connectivity index (χ4n) is 2.61. The van der Waals surface area contributed by atoms with Gasteiger partial charge in [0.1, 0.15) is 12.8 Å². The van der Waals surface area contributed by atoms with Crippen LogP contribution in [0.1, 0.15) is 28.4 Å². The summed E-state index contributed by atoms with van der Waals surface area (Å²) in [5.74, 6) is -0.860. The highest BCUT2D eigenvalue weighted by Crippen LogP contribution is 2.24. The number of likely N-dealkylation sites (N-methyl/N-ethyl adjacent to an activating group) is 1. The molecule has 1 unspecified atom stereocenters. The molecule has 0 aliphatic heterocycles. The first-order chi connectivity index (χ1) is 13.4. The molecule has 0 aromatic heterocycles. The van der Waals surface area contributed by atoms with Crippen LogP contribution in [0.3, 0.4) is 0 Å². The standard InChI is InChI=1S/C22H26N2O4/c1-4-8-17-11-12-19(22(26)28-16(2)23)20(13-17)24(3)21(25)15-27-14-18-9-6-5-7-10-18/h4-7,9-13,16H,1,8,14-15,23H2,2-3H3. The van der Waals surface area contributed by atoms with Crippen molar-refractivity contribution in [2.45, 2.75) is 26.2 Å². The van der Waals surface area contributed by atoms with Gasteiger partial charge >= 0.3 is 5.97 Å². The molecule has 0 radical (unpaired) electrons. The van der Waals surface area contributed by atoms with E-state index in [1.54, 1.807) is 38.2 Å². The molecule has 6 nitrogen and oxygen atoms in total. The highest BCUT2D eigenvalue weighted by molar-refractivity contribution is 6.02. The first kappa shape index (κ1) is 21.3. The van der Waals surface area contributed by atoms with E-state index in [4.69, 9.17) is 15.2 Å². The third kappa shape index (κ3) is 6.04. The smallest absolute Gasteiger partial charge is 0.341 e. The topological polar surface area (TPSA) is 81.9 Å². The first-order valence-corrected chi connectivity index (χ1v) is 9.01. The molecule has 1 atom stereocenters. The fraction of sp³-hybridized carbons (Fsp3) is 0.273. The molecule has 2 N–H and O–H groups in total. The molecule has 0 spiro atoms. The van der Waals surface area contributed by atoms with Gasteiger partial charge in [0.05, 0.1) is 17.9 Å². The van der Waals surface area contributed by atoms with E-state index in [0.717, 1.165) is 11.1 Å². The van der Waals surface area contributed by atoms with Crippen LogP contribution in [-0.2, 0) is 27.3 Å². The van der Waals surface area contributed by atoms with E-state index in [0.29, 0.717) is 18.7 Å². The minimum Gasteiger partial charge on any atom is -0.443 e. The maximum atomic E-state index is 12.6. The number of carbonyl (C=O) groups excluding carboxylic acids is 2. The Morgan fingerprint density at radius 3 is 2.54 bits per heavy atom. The van der Waals surface area contributed by atoms with Crippen LogP contribution < -0.4 is 10.6 Å². The number of ether oxygens (including phenoxy) is 2. The molecule has 0 saturated heterocycles. The van der Waals surface area contributed by atoms with E-state index in [9.17, 15) is 9.59 Å². The van der Waals surface area contributed by atoms with Crippen LogP contribution in [0.2, 0.25) is 0 Å². The normalized spacial score (nSPS) is 11.5.